The van der Waals surface area contributed by atoms with Gasteiger partial charge in [-0.3, -0.25) is 4.79 Å². The van der Waals surface area contributed by atoms with Gasteiger partial charge in [0, 0.05) is 11.4 Å². The van der Waals surface area contributed by atoms with Gasteiger partial charge in [0.2, 0.25) is 11.8 Å². The average molecular weight is 339 g/mol. The molecule has 3 N–H and O–H groups in total. The standard InChI is InChI=1S/C18H17N3O2S/c1-12(16(22)19-13-8-4-2-5-9-13)15-17(23)21-18(24-15)20-14-10-6-3-7-11-14/h2-12,23H,1H3,(H,19,22)(H,20,21). The van der Waals surface area contributed by atoms with Gasteiger partial charge in [-0.15, -0.1) is 0 Å². The van der Waals surface area contributed by atoms with Crippen LogP contribution in [-0.4, -0.2) is 16.0 Å². The van der Waals surface area contributed by atoms with Crippen molar-refractivity contribution in [2.45, 2.75) is 12.8 Å². The van der Waals surface area contributed by atoms with Crippen LogP contribution in [0.5, 0.6) is 5.88 Å². The van der Waals surface area contributed by atoms with E-state index in [1.165, 1.54) is 11.3 Å². The van der Waals surface area contributed by atoms with Gasteiger partial charge in [-0.1, -0.05) is 47.7 Å². The van der Waals surface area contributed by atoms with Crippen LogP contribution in [0.25, 0.3) is 0 Å². The smallest absolute Gasteiger partial charge is 0.232 e. The number of amides is 1. The van der Waals surface area contributed by atoms with Gasteiger partial charge in [-0.25, -0.2) is 0 Å². The molecular formula is C18H17N3O2S. The molecule has 122 valence electrons. The van der Waals surface area contributed by atoms with Crippen molar-refractivity contribution in [2.24, 2.45) is 0 Å². The number of hydrogen-bond donors (Lipinski definition) is 3. The molecular weight excluding hydrogens is 322 g/mol. The van der Waals surface area contributed by atoms with Crippen molar-refractivity contribution in [3.8, 4) is 5.88 Å². The van der Waals surface area contributed by atoms with E-state index in [9.17, 15) is 9.90 Å². The first-order valence-corrected chi connectivity index (χ1v) is 8.33. The number of para-hydroxylation sites is 2. The minimum absolute atomic E-state index is 0.117. The summed E-state index contributed by atoms with van der Waals surface area (Å²) in [4.78, 5) is 17.0. The Morgan fingerprint density at radius 2 is 1.62 bits per heavy atom. The number of carbonyl (C=O) groups excluding carboxylic acids is 1. The number of aromatic nitrogens is 1. The molecule has 0 bridgehead atoms. The lowest BCUT2D eigenvalue weighted by Gasteiger charge is -2.10. The Bertz CT molecular complexity index is 819. The summed E-state index contributed by atoms with van der Waals surface area (Å²) in [7, 11) is 0. The Kier molecular flexibility index (Phi) is 4.77. The van der Waals surface area contributed by atoms with Crippen molar-refractivity contribution in [1.82, 2.24) is 4.98 Å². The fourth-order valence-corrected chi connectivity index (χ4v) is 3.13. The summed E-state index contributed by atoms with van der Waals surface area (Å²) in [5.41, 5.74) is 1.60. The van der Waals surface area contributed by atoms with Gasteiger partial charge in [0.25, 0.3) is 0 Å². The molecule has 0 fully saturated rings. The Morgan fingerprint density at radius 3 is 2.25 bits per heavy atom. The van der Waals surface area contributed by atoms with E-state index in [0.717, 1.165) is 11.4 Å². The summed E-state index contributed by atoms with van der Waals surface area (Å²) in [6, 6.07) is 18.8. The number of rotatable bonds is 5. The van der Waals surface area contributed by atoms with Gasteiger partial charge >= 0.3 is 0 Å². The number of hydrogen-bond acceptors (Lipinski definition) is 5. The zero-order chi connectivity index (χ0) is 16.9. The van der Waals surface area contributed by atoms with Crippen LogP contribution in [0.1, 0.15) is 17.7 Å². The lowest BCUT2D eigenvalue weighted by Crippen LogP contribution is -2.18. The normalized spacial score (nSPS) is 11.7. The molecule has 1 heterocycles. The van der Waals surface area contributed by atoms with Crippen LogP contribution >= 0.6 is 11.3 Å². The minimum Gasteiger partial charge on any atom is -0.492 e. The average Bonchev–Trinajstić information content (AvgIpc) is 2.96. The van der Waals surface area contributed by atoms with Crippen LogP contribution in [0.15, 0.2) is 60.7 Å². The van der Waals surface area contributed by atoms with Crippen molar-refractivity contribution in [1.29, 1.82) is 0 Å². The van der Waals surface area contributed by atoms with E-state index in [0.29, 0.717) is 10.0 Å². The predicted molar refractivity (Wildman–Crippen MR) is 97.0 cm³/mol. The van der Waals surface area contributed by atoms with Crippen molar-refractivity contribution >= 4 is 33.8 Å². The minimum atomic E-state index is -0.506. The summed E-state index contributed by atoms with van der Waals surface area (Å²) in [5, 5.41) is 16.6. The maximum Gasteiger partial charge on any atom is 0.232 e. The maximum absolute atomic E-state index is 12.4. The third-order valence-corrected chi connectivity index (χ3v) is 4.63. The monoisotopic (exact) mass is 339 g/mol. The van der Waals surface area contributed by atoms with Crippen LogP contribution in [0.4, 0.5) is 16.5 Å². The molecule has 1 atom stereocenters. The van der Waals surface area contributed by atoms with Crippen LogP contribution in [-0.2, 0) is 4.79 Å². The Morgan fingerprint density at radius 1 is 1.04 bits per heavy atom. The van der Waals surface area contributed by atoms with Crippen molar-refractivity contribution in [2.75, 3.05) is 10.6 Å². The Hall–Kier alpha value is -2.86. The molecule has 6 heteroatoms. The molecule has 2 aromatic carbocycles. The summed E-state index contributed by atoms with van der Waals surface area (Å²) >= 11 is 1.27. The lowest BCUT2D eigenvalue weighted by atomic mass is 10.1. The molecule has 0 aliphatic heterocycles. The maximum atomic E-state index is 12.4. The molecule has 1 aromatic heterocycles. The van der Waals surface area contributed by atoms with Crippen molar-refractivity contribution < 1.29 is 9.90 Å². The highest BCUT2D eigenvalue weighted by molar-refractivity contribution is 7.16. The Labute approximate surface area is 144 Å². The third kappa shape index (κ3) is 3.72. The summed E-state index contributed by atoms with van der Waals surface area (Å²) < 4.78 is 0. The Balaban J connectivity index is 1.73. The second-order valence-corrected chi connectivity index (χ2v) is 6.31. The molecule has 3 aromatic rings. The molecule has 0 aliphatic rings. The summed E-state index contributed by atoms with van der Waals surface area (Å²) in [5.74, 6) is -0.811. The fourth-order valence-electron chi connectivity index (χ4n) is 2.20. The molecule has 5 nitrogen and oxygen atoms in total. The van der Waals surface area contributed by atoms with E-state index in [1.54, 1.807) is 6.92 Å². The fraction of sp³-hybridized carbons (Fsp3) is 0.111. The molecule has 0 aliphatic carbocycles. The van der Waals surface area contributed by atoms with Crippen LogP contribution in [0.3, 0.4) is 0 Å². The van der Waals surface area contributed by atoms with E-state index in [-0.39, 0.29) is 11.8 Å². The first-order chi connectivity index (χ1) is 11.6. The van der Waals surface area contributed by atoms with Crippen LogP contribution < -0.4 is 10.6 Å². The molecule has 0 spiro atoms. The van der Waals surface area contributed by atoms with Gasteiger partial charge in [-0.05, 0) is 31.2 Å². The van der Waals surface area contributed by atoms with E-state index < -0.39 is 5.92 Å². The summed E-state index contributed by atoms with van der Waals surface area (Å²) in [6.45, 7) is 1.75. The number of thiazole rings is 1. The lowest BCUT2D eigenvalue weighted by molar-refractivity contribution is -0.117. The van der Waals surface area contributed by atoms with Gasteiger partial charge in [0.1, 0.15) is 0 Å². The van der Waals surface area contributed by atoms with E-state index >= 15 is 0 Å². The molecule has 24 heavy (non-hydrogen) atoms. The van der Waals surface area contributed by atoms with Gasteiger partial charge in [0.05, 0.1) is 10.8 Å². The quantitative estimate of drug-likeness (QED) is 0.646. The number of carbonyl (C=O) groups is 1. The van der Waals surface area contributed by atoms with Crippen molar-refractivity contribution in [3.63, 3.8) is 0 Å². The largest absolute Gasteiger partial charge is 0.492 e. The predicted octanol–water partition coefficient (Wildman–Crippen LogP) is 4.33. The third-order valence-electron chi connectivity index (χ3n) is 3.49. The number of aromatic hydroxyl groups is 1. The second kappa shape index (κ2) is 7.14. The molecule has 0 saturated heterocycles. The zero-order valence-electron chi connectivity index (χ0n) is 13.1. The van der Waals surface area contributed by atoms with Gasteiger partial charge in [-0.2, -0.15) is 4.98 Å². The zero-order valence-corrected chi connectivity index (χ0v) is 13.9. The SMILES string of the molecule is CC(C(=O)Nc1ccccc1)c1sc(Nc2ccccc2)nc1O. The molecule has 0 radical (unpaired) electrons. The van der Waals surface area contributed by atoms with Gasteiger partial charge < -0.3 is 15.7 Å². The van der Waals surface area contributed by atoms with Crippen molar-refractivity contribution in [3.05, 3.63) is 65.5 Å². The number of benzene rings is 2. The first-order valence-electron chi connectivity index (χ1n) is 7.51. The molecule has 0 saturated carbocycles. The van der Waals surface area contributed by atoms with E-state index in [4.69, 9.17) is 0 Å². The van der Waals surface area contributed by atoms with Gasteiger partial charge in [0.15, 0.2) is 5.13 Å². The summed E-state index contributed by atoms with van der Waals surface area (Å²) in [6.07, 6.45) is 0. The van der Waals surface area contributed by atoms with E-state index in [2.05, 4.69) is 15.6 Å². The highest BCUT2D eigenvalue weighted by atomic mass is 32.1. The van der Waals surface area contributed by atoms with Crippen LogP contribution in [0.2, 0.25) is 0 Å². The molecule has 3 rings (SSSR count). The number of nitrogens with one attached hydrogen (secondary N) is 2. The number of anilines is 3. The first kappa shape index (κ1) is 16.0. The highest BCUT2D eigenvalue weighted by Gasteiger charge is 2.23. The molecule has 1 unspecified atom stereocenters. The van der Waals surface area contributed by atoms with E-state index in [1.807, 2.05) is 60.7 Å². The number of nitrogens with zero attached hydrogens (tertiary/aromatic N) is 1. The molecule has 1 amide bonds. The highest BCUT2D eigenvalue weighted by Crippen LogP contribution is 2.36. The van der Waals surface area contributed by atoms with Crippen LogP contribution in [0, 0.1) is 0 Å². The second-order valence-electron chi connectivity index (χ2n) is 5.27. The topological polar surface area (TPSA) is 74.2 Å².